The third-order valence-corrected chi connectivity index (χ3v) is 2.22. The molecule has 1 aromatic heterocycles. The monoisotopic (exact) mass is 202 g/mol. The lowest BCUT2D eigenvalue weighted by atomic mass is 10.2. The third-order valence-electron chi connectivity index (χ3n) is 2.22. The number of aromatic amines is 1. The van der Waals surface area contributed by atoms with Crippen molar-refractivity contribution >= 4 is 22.7 Å². The molecule has 0 aliphatic rings. The first kappa shape index (κ1) is 9.45. The van der Waals surface area contributed by atoms with E-state index in [1.807, 2.05) is 19.1 Å². The molecule has 2 rings (SSSR count). The molecule has 0 unspecified atom stereocenters. The average molecular weight is 202 g/mol. The fourth-order valence-electron chi connectivity index (χ4n) is 1.63. The highest BCUT2D eigenvalue weighted by atomic mass is 16.6. The lowest BCUT2D eigenvalue weighted by molar-refractivity contribution is -0.383. The number of allylic oxidation sites excluding steroid dienone is 1. The van der Waals surface area contributed by atoms with Crippen molar-refractivity contribution in [3.8, 4) is 0 Å². The molecule has 0 fully saturated rings. The van der Waals surface area contributed by atoms with E-state index in [4.69, 9.17) is 0 Å². The summed E-state index contributed by atoms with van der Waals surface area (Å²) >= 11 is 0. The Morgan fingerprint density at radius 3 is 2.80 bits per heavy atom. The maximum atomic E-state index is 10.9. The van der Waals surface area contributed by atoms with Gasteiger partial charge in [-0.25, -0.2) is 0 Å². The van der Waals surface area contributed by atoms with Crippen molar-refractivity contribution in [1.82, 2.24) is 4.98 Å². The number of nitrogens with one attached hydrogen (secondary N) is 1. The largest absolute Gasteiger partial charge is 0.349 e. The molecule has 0 saturated heterocycles. The molecule has 1 heterocycles. The number of rotatable bonds is 2. The quantitative estimate of drug-likeness (QED) is 0.600. The normalized spacial score (nSPS) is 11.3. The summed E-state index contributed by atoms with van der Waals surface area (Å²) in [5.41, 5.74) is 1.48. The van der Waals surface area contributed by atoms with Crippen LogP contribution in [0, 0.1) is 10.1 Å². The molecule has 4 heteroatoms. The first-order valence-corrected chi connectivity index (χ1v) is 4.62. The van der Waals surface area contributed by atoms with Gasteiger partial charge < -0.3 is 4.98 Å². The summed E-state index contributed by atoms with van der Waals surface area (Å²) in [5.74, 6) is 0. The SMILES string of the molecule is CC=Cc1[nH]c2ccccc2c1[N+](=O)[O-]. The number of hydrogen-bond donors (Lipinski definition) is 1. The van der Waals surface area contributed by atoms with E-state index < -0.39 is 0 Å². The van der Waals surface area contributed by atoms with Crippen LogP contribution >= 0.6 is 0 Å². The number of para-hydroxylation sites is 1. The summed E-state index contributed by atoms with van der Waals surface area (Å²) < 4.78 is 0. The zero-order valence-corrected chi connectivity index (χ0v) is 8.23. The number of hydrogen-bond acceptors (Lipinski definition) is 2. The van der Waals surface area contributed by atoms with Crippen molar-refractivity contribution in [2.24, 2.45) is 0 Å². The summed E-state index contributed by atoms with van der Waals surface area (Å²) in [4.78, 5) is 13.6. The topological polar surface area (TPSA) is 58.9 Å². The first-order chi connectivity index (χ1) is 7.24. The minimum Gasteiger partial charge on any atom is -0.349 e. The molecule has 0 atom stereocenters. The first-order valence-electron chi connectivity index (χ1n) is 4.62. The summed E-state index contributed by atoms with van der Waals surface area (Å²) in [6.45, 7) is 1.83. The second-order valence-corrected chi connectivity index (χ2v) is 3.19. The molecule has 0 spiro atoms. The van der Waals surface area contributed by atoms with Crippen molar-refractivity contribution in [2.45, 2.75) is 6.92 Å². The third kappa shape index (κ3) is 1.50. The van der Waals surface area contributed by atoms with Crippen LogP contribution in [0.25, 0.3) is 17.0 Å². The lowest BCUT2D eigenvalue weighted by Crippen LogP contribution is -1.88. The van der Waals surface area contributed by atoms with Gasteiger partial charge in [0.1, 0.15) is 5.69 Å². The summed E-state index contributed by atoms with van der Waals surface area (Å²) in [7, 11) is 0. The zero-order chi connectivity index (χ0) is 10.8. The van der Waals surface area contributed by atoms with Crippen molar-refractivity contribution in [3.05, 3.63) is 46.1 Å². The average Bonchev–Trinajstić information content (AvgIpc) is 2.56. The van der Waals surface area contributed by atoms with Gasteiger partial charge in [0.2, 0.25) is 0 Å². The van der Waals surface area contributed by atoms with Gasteiger partial charge in [0, 0.05) is 0 Å². The van der Waals surface area contributed by atoms with E-state index in [1.165, 1.54) is 0 Å². The Balaban J connectivity index is 2.80. The molecule has 2 aromatic rings. The van der Waals surface area contributed by atoms with Crippen molar-refractivity contribution in [2.75, 3.05) is 0 Å². The van der Waals surface area contributed by atoms with Crippen LogP contribution in [-0.2, 0) is 0 Å². The highest BCUT2D eigenvalue weighted by molar-refractivity contribution is 5.93. The van der Waals surface area contributed by atoms with Crippen LogP contribution in [0.5, 0.6) is 0 Å². The molecular weight excluding hydrogens is 192 g/mol. The fraction of sp³-hybridized carbons (Fsp3) is 0.0909. The molecule has 1 N–H and O–H groups in total. The van der Waals surface area contributed by atoms with Gasteiger partial charge in [-0.3, -0.25) is 10.1 Å². The van der Waals surface area contributed by atoms with Crippen LogP contribution in [0.3, 0.4) is 0 Å². The Morgan fingerprint density at radius 2 is 2.13 bits per heavy atom. The highest BCUT2D eigenvalue weighted by Gasteiger charge is 2.18. The van der Waals surface area contributed by atoms with Gasteiger partial charge in [-0.05, 0) is 25.1 Å². The van der Waals surface area contributed by atoms with Gasteiger partial charge in [-0.2, -0.15) is 0 Å². The minimum atomic E-state index is -0.353. The van der Waals surface area contributed by atoms with Crippen molar-refractivity contribution in [1.29, 1.82) is 0 Å². The number of aromatic nitrogens is 1. The predicted octanol–water partition coefficient (Wildman–Crippen LogP) is 3.11. The molecule has 0 bridgehead atoms. The van der Waals surface area contributed by atoms with E-state index in [-0.39, 0.29) is 10.6 Å². The van der Waals surface area contributed by atoms with Crippen LogP contribution in [0.2, 0.25) is 0 Å². The second kappa shape index (κ2) is 3.57. The highest BCUT2D eigenvalue weighted by Crippen LogP contribution is 2.30. The standard InChI is InChI=1S/C11H10N2O2/c1-2-5-10-11(13(14)15)8-6-3-4-7-9(8)12-10/h2-7,12H,1H3. The number of fused-ring (bicyclic) bond motifs is 1. The van der Waals surface area contributed by atoms with Crippen LogP contribution in [0.1, 0.15) is 12.6 Å². The fourth-order valence-corrected chi connectivity index (χ4v) is 1.63. The summed E-state index contributed by atoms with van der Waals surface area (Å²) in [5, 5.41) is 11.6. The number of nitrogens with zero attached hydrogens (tertiary/aromatic N) is 1. The molecule has 4 nitrogen and oxygen atoms in total. The van der Waals surface area contributed by atoms with Gasteiger partial charge in [-0.1, -0.05) is 18.2 Å². The van der Waals surface area contributed by atoms with Gasteiger partial charge >= 0.3 is 5.69 Å². The van der Waals surface area contributed by atoms with E-state index in [1.54, 1.807) is 24.3 Å². The second-order valence-electron chi connectivity index (χ2n) is 3.19. The Morgan fingerprint density at radius 1 is 1.40 bits per heavy atom. The smallest absolute Gasteiger partial charge is 0.301 e. The van der Waals surface area contributed by atoms with Crippen LogP contribution in [-0.4, -0.2) is 9.91 Å². The van der Waals surface area contributed by atoms with E-state index in [0.29, 0.717) is 11.1 Å². The van der Waals surface area contributed by atoms with Gasteiger partial charge in [0.25, 0.3) is 0 Å². The van der Waals surface area contributed by atoms with E-state index in [9.17, 15) is 10.1 Å². The Hall–Kier alpha value is -2.10. The van der Waals surface area contributed by atoms with E-state index >= 15 is 0 Å². The minimum absolute atomic E-state index is 0.142. The van der Waals surface area contributed by atoms with Crippen LogP contribution in [0.15, 0.2) is 30.3 Å². The maximum Gasteiger partial charge on any atom is 0.301 e. The molecule has 76 valence electrons. The maximum absolute atomic E-state index is 10.9. The molecule has 0 amide bonds. The molecule has 0 aliphatic heterocycles. The molecule has 0 radical (unpaired) electrons. The van der Waals surface area contributed by atoms with Crippen molar-refractivity contribution < 1.29 is 4.92 Å². The molecule has 0 saturated carbocycles. The Kier molecular flexibility index (Phi) is 2.25. The molecule has 0 aliphatic carbocycles. The van der Waals surface area contributed by atoms with Gasteiger partial charge in [0.15, 0.2) is 0 Å². The molecule has 15 heavy (non-hydrogen) atoms. The van der Waals surface area contributed by atoms with Crippen LogP contribution in [0.4, 0.5) is 5.69 Å². The Bertz CT molecular complexity index is 541. The van der Waals surface area contributed by atoms with E-state index in [2.05, 4.69) is 4.98 Å². The summed E-state index contributed by atoms with van der Waals surface area (Å²) in [6, 6.07) is 7.22. The van der Waals surface area contributed by atoms with Crippen LogP contribution < -0.4 is 0 Å². The Labute approximate surface area is 86.4 Å². The van der Waals surface area contributed by atoms with Gasteiger partial charge in [-0.15, -0.1) is 0 Å². The number of nitro groups is 1. The lowest BCUT2D eigenvalue weighted by Gasteiger charge is -1.89. The number of benzene rings is 1. The zero-order valence-electron chi connectivity index (χ0n) is 8.23. The van der Waals surface area contributed by atoms with Gasteiger partial charge in [0.05, 0.1) is 15.8 Å². The summed E-state index contributed by atoms with van der Waals surface area (Å²) in [6.07, 6.45) is 3.48. The molecular formula is C11H10N2O2. The van der Waals surface area contributed by atoms with E-state index in [0.717, 1.165) is 5.52 Å². The van der Waals surface area contributed by atoms with Crippen molar-refractivity contribution in [3.63, 3.8) is 0 Å². The predicted molar refractivity (Wildman–Crippen MR) is 59.7 cm³/mol. The number of H-pyrrole nitrogens is 1. The molecule has 1 aromatic carbocycles.